The quantitative estimate of drug-likeness (QED) is 0.358. The summed E-state index contributed by atoms with van der Waals surface area (Å²) < 4.78 is 25.9. The molecular weight excluding hydrogens is 344 g/mol. The van der Waals surface area contributed by atoms with Crippen LogP contribution in [-0.2, 0) is 13.6 Å². The van der Waals surface area contributed by atoms with E-state index in [9.17, 15) is 4.57 Å². The second kappa shape index (κ2) is 12.4. The zero-order valence-electron chi connectivity index (χ0n) is 16.4. The fraction of sp³-hybridized carbons (Fsp3) is 0.938. The summed E-state index contributed by atoms with van der Waals surface area (Å²) >= 11 is 0. The van der Waals surface area contributed by atoms with Crippen molar-refractivity contribution >= 4 is 15.7 Å². The van der Waals surface area contributed by atoms with E-state index < -0.39 is 15.7 Å². The molecule has 0 bridgehead atoms. The summed E-state index contributed by atoms with van der Waals surface area (Å²) in [6.07, 6.45) is 1.09. The van der Waals surface area contributed by atoms with Gasteiger partial charge in [-0.2, -0.15) is 5.26 Å². The van der Waals surface area contributed by atoms with Crippen LogP contribution in [0, 0.1) is 11.3 Å². The molecule has 6 nitrogen and oxygen atoms in total. The second-order valence-electron chi connectivity index (χ2n) is 6.98. The molecule has 0 aromatic rings. The van der Waals surface area contributed by atoms with Crippen LogP contribution in [0.2, 0.25) is 0 Å². The normalized spacial score (nSPS) is 13.9. The van der Waals surface area contributed by atoms with Gasteiger partial charge in [0.1, 0.15) is 0 Å². The molecule has 0 amide bonds. The van der Waals surface area contributed by atoms with Gasteiger partial charge in [0.25, 0.3) is 8.53 Å². The van der Waals surface area contributed by atoms with Gasteiger partial charge in [-0.1, -0.05) is 0 Å². The predicted octanol–water partition coefficient (Wildman–Crippen LogP) is 3.83. The lowest BCUT2D eigenvalue weighted by molar-refractivity contribution is 0.163. The van der Waals surface area contributed by atoms with Gasteiger partial charge in [-0.25, -0.2) is 4.67 Å². The molecule has 0 saturated carbocycles. The van der Waals surface area contributed by atoms with Crippen LogP contribution in [0.3, 0.4) is 0 Å². The average molecular weight is 379 g/mol. The van der Waals surface area contributed by atoms with Gasteiger partial charge in [0.2, 0.25) is 0 Å². The van der Waals surface area contributed by atoms with Crippen molar-refractivity contribution in [3.05, 3.63) is 0 Å². The Labute approximate surface area is 149 Å². The summed E-state index contributed by atoms with van der Waals surface area (Å²) in [6, 6.07) is 2.72. The molecular formula is C16H35N3O3P2. The Morgan fingerprint density at radius 2 is 1.62 bits per heavy atom. The lowest BCUT2D eigenvalue weighted by Crippen LogP contribution is -2.34. The Balaban J connectivity index is 4.49. The minimum atomic E-state index is -1.97. The molecule has 0 spiro atoms. The summed E-state index contributed by atoms with van der Waals surface area (Å²) in [6.45, 7) is 14.7. The highest BCUT2D eigenvalue weighted by molar-refractivity contribution is 7.62. The number of nitriles is 1. The van der Waals surface area contributed by atoms with Crippen molar-refractivity contribution in [3.63, 3.8) is 0 Å². The lowest BCUT2D eigenvalue weighted by Gasteiger charge is -2.35. The van der Waals surface area contributed by atoms with E-state index in [4.69, 9.17) is 14.3 Å². The molecule has 0 N–H and O–H groups in total. The third kappa shape index (κ3) is 11.5. The molecule has 0 aromatic heterocycles. The standard InChI is InChI=1S/C16H35N3O3P2/c1-15(2)19(16(3)4)23(21-12-8-9-17)22-13-10-18(5)11-14-24(6,7)20/h15-16H,8,10-14H2,1-7H3. The summed E-state index contributed by atoms with van der Waals surface area (Å²) in [4.78, 5) is 2.14. The van der Waals surface area contributed by atoms with E-state index >= 15 is 0 Å². The molecule has 0 radical (unpaired) electrons. The smallest absolute Gasteiger partial charge is 0.259 e. The van der Waals surface area contributed by atoms with Crippen LogP contribution >= 0.6 is 15.7 Å². The lowest BCUT2D eigenvalue weighted by atomic mass is 10.3. The molecule has 0 aliphatic carbocycles. The number of likely N-dealkylation sites (N-methyl/N-ethyl adjacent to an activating group) is 1. The SMILES string of the molecule is CC(C)N(C(C)C)P(OCCC#N)OCCN(C)CCP(C)(C)=O. The molecule has 1 atom stereocenters. The molecule has 0 aliphatic rings. The molecule has 8 heteroatoms. The molecule has 0 aromatic carbocycles. The van der Waals surface area contributed by atoms with E-state index in [-0.39, 0.29) is 0 Å². The fourth-order valence-corrected chi connectivity index (χ4v) is 4.52. The van der Waals surface area contributed by atoms with Crippen LogP contribution in [0.5, 0.6) is 0 Å². The third-order valence-corrected chi connectivity index (χ3v) is 6.74. The molecule has 0 rings (SSSR count). The minimum Gasteiger partial charge on any atom is -0.324 e. The van der Waals surface area contributed by atoms with Crippen LogP contribution in [0.1, 0.15) is 34.1 Å². The first-order valence-electron chi connectivity index (χ1n) is 8.52. The van der Waals surface area contributed by atoms with Gasteiger partial charge in [-0.05, 0) is 48.1 Å². The van der Waals surface area contributed by atoms with Gasteiger partial charge in [-0.15, -0.1) is 0 Å². The van der Waals surface area contributed by atoms with Gasteiger partial charge in [0, 0.05) is 31.3 Å². The van der Waals surface area contributed by atoms with Crippen LogP contribution in [-0.4, -0.2) is 74.5 Å². The summed E-state index contributed by atoms with van der Waals surface area (Å²) in [5.41, 5.74) is 0. The average Bonchev–Trinajstić information content (AvgIpc) is 2.43. The Bertz CT molecular complexity index is 413. The minimum absolute atomic E-state index is 0.307. The topological polar surface area (TPSA) is 65.8 Å². The maximum absolute atomic E-state index is 11.8. The summed E-state index contributed by atoms with van der Waals surface area (Å²) in [7, 11) is -1.13. The van der Waals surface area contributed by atoms with Crippen molar-refractivity contribution in [1.29, 1.82) is 5.26 Å². The van der Waals surface area contributed by atoms with Crippen molar-refractivity contribution in [3.8, 4) is 6.07 Å². The number of hydrogen-bond acceptors (Lipinski definition) is 6. The molecule has 0 saturated heterocycles. The first-order valence-corrected chi connectivity index (χ1v) is 12.4. The molecule has 0 aliphatic heterocycles. The van der Waals surface area contributed by atoms with Crippen LogP contribution < -0.4 is 0 Å². The van der Waals surface area contributed by atoms with Crippen LogP contribution in [0.25, 0.3) is 0 Å². The summed E-state index contributed by atoms with van der Waals surface area (Å²) in [5.74, 6) is 0. The van der Waals surface area contributed by atoms with Gasteiger partial charge < -0.3 is 18.5 Å². The highest BCUT2D eigenvalue weighted by Gasteiger charge is 2.27. The van der Waals surface area contributed by atoms with E-state index in [0.717, 1.165) is 19.3 Å². The monoisotopic (exact) mass is 379 g/mol. The maximum Gasteiger partial charge on any atom is 0.259 e. The fourth-order valence-electron chi connectivity index (χ4n) is 2.11. The van der Waals surface area contributed by atoms with Gasteiger partial charge in [0.15, 0.2) is 0 Å². The maximum atomic E-state index is 11.8. The first-order chi connectivity index (χ1) is 11.1. The first kappa shape index (κ1) is 24.0. The molecule has 1 unspecified atom stereocenters. The Kier molecular flexibility index (Phi) is 12.4. The van der Waals surface area contributed by atoms with E-state index in [1.807, 2.05) is 20.4 Å². The number of nitrogens with zero attached hydrogens (tertiary/aromatic N) is 3. The largest absolute Gasteiger partial charge is 0.324 e. The molecule has 0 fully saturated rings. The predicted molar refractivity (Wildman–Crippen MR) is 103 cm³/mol. The van der Waals surface area contributed by atoms with Crippen molar-refractivity contribution in [1.82, 2.24) is 9.57 Å². The Hall–Kier alpha value is -0.01000. The van der Waals surface area contributed by atoms with Crippen LogP contribution in [0.4, 0.5) is 0 Å². The summed E-state index contributed by atoms with van der Waals surface area (Å²) in [5, 5.41) is 8.70. The highest BCUT2D eigenvalue weighted by atomic mass is 31.2. The number of rotatable bonds is 13. The van der Waals surface area contributed by atoms with Crippen molar-refractivity contribution in [2.75, 3.05) is 52.8 Å². The van der Waals surface area contributed by atoms with E-state index in [1.165, 1.54) is 0 Å². The molecule has 24 heavy (non-hydrogen) atoms. The zero-order valence-corrected chi connectivity index (χ0v) is 18.1. The van der Waals surface area contributed by atoms with Crippen molar-refractivity contribution in [2.45, 2.75) is 46.2 Å². The van der Waals surface area contributed by atoms with Crippen molar-refractivity contribution in [2.24, 2.45) is 0 Å². The van der Waals surface area contributed by atoms with E-state index in [2.05, 4.69) is 43.3 Å². The molecule has 142 valence electrons. The van der Waals surface area contributed by atoms with Crippen LogP contribution in [0.15, 0.2) is 0 Å². The highest BCUT2D eigenvalue weighted by Crippen LogP contribution is 2.45. The van der Waals surface area contributed by atoms with Gasteiger partial charge in [0.05, 0.1) is 32.8 Å². The van der Waals surface area contributed by atoms with Gasteiger partial charge >= 0.3 is 0 Å². The van der Waals surface area contributed by atoms with Gasteiger partial charge in [-0.3, -0.25) is 0 Å². The third-order valence-electron chi connectivity index (χ3n) is 3.36. The zero-order chi connectivity index (χ0) is 18.8. The Morgan fingerprint density at radius 3 is 2.08 bits per heavy atom. The molecule has 0 heterocycles. The Morgan fingerprint density at radius 1 is 1.08 bits per heavy atom. The van der Waals surface area contributed by atoms with Crippen molar-refractivity contribution < 1.29 is 13.6 Å². The second-order valence-corrected chi connectivity index (χ2v) is 12.0. The number of hydrogen-bond donors (Lipinski definition) is 0. The van der Waals surface area contributed by atoms with E-state index in [0.29, 0.717) is 31.7 Å². The van der Waals surface area contributed by atoms with E-state index in [1.54, 1.807) is 0 Å².